The first-order valence-electron chi connectivity index (χ1n) is 8.81. The van der Waals surface area contributed by atoms with Gasteiger partial charge in [-0.05, 0) is 0 Å². The van der Waals surface area contributed by atoms with Crippen LogP contribution in [0.15, 0.2) is 12.7 Å². The van der Waals surface area contributed by atoms with Crippen LogP contribution in [0.5, 0.6) is 0 Å². The van der Waals surface area contributed by atoms with Gasteiger partial charge in [-0.15, -0.1) is 0 Å². The van der Waals surface area contributed by atoms with Crippen LogP contribution >= 0.6 is 0 Å². The fraction of sp³-hybridized carbons (Fsp3) is 0.500. The summed E-state index contributed by atoms with van der Waals surface area (Å²) < 4.78 is 11.7. The van der Waals surface area contributed by atoms with Gasteiger partial charge in [0.15, 0.2) is 23.3 Å². The number of aliphatic carboxylic acids is 2. The number of aliphatic hydroxyl groups is 3. The van der Waals surface area contributed by atoms with Crippen LogP contribution in [-0.4, -0.2) is 93.5 Å². The summed E-state index contributed by atoms with van der Waals surface area (Å²) in [6.45, 7) is -0.611. The van der Waals surface area contributed by atoms with E-state index in [0.29, 0.717) is 0 Å². The van der Waals surface area contributed by atoms with Gasteiger partial charge in [-0.3, -0.25) is 14.2 Å². The normalized spacial score (nSPS) is 25.3. The highest BCUT2D eigenvalue weighted by Gasteiger charge is 2.46. The van der Waals surface area contributed by atoms with Crippen LogP contribution in [0.1, 0.15) is 19.1 Å². The summed E-state index contributed by atoms with van der Waals surface area (Å²) in [5.74, 6) is -4.69. The Labute approximate surface area is 172 Å². The minimum absolute atomic E-state index is 0.0922. The molecule has 1 saturated heterocycles. The summed E-state index contributed by atoms with van der Waals surface area (Å²) >= 11 is 0. The van der Waals surface area contributed by atoms with E-state index in [0.717, 1.165) is 0 Å². The summed E-state index contributed by atoms with van der Waals surface area (Å²) in [6.07, 6.45) is -5.30. The first-order valence-corrected chi connectivity index (χ1v) is 8.81. The molecule has 168 valence electrons. The highest BCUT2D eigenvalue weighted by atomic mass is 16.6. The van der Waals surface area contributed by atoms with Gasteiger partial charge in [-0.2, -0.15) is 0 Å². The van der Waals surface area contributed by atoms with Crippen molar-refractivity contribution in [3.8, 4) is 0 Å². The summed E-state index contributed by atoms with van der Waals surface area (Å²) in [5.41, 5.74) is 3.31. The van der Waals surface area contributed by atoms with E-state index in [4.69, 9.17) is 25.4 Å². The summed E-state index contributed by atoms with van der Waals surface area (Å²) in [7, 11) is 0. The summed E-state index contributed by atoms with van der Waals surface area (Å²) in [5, 5.41) is 48.1. The Balaban J connectivity index is 1.66. The topological polar surface area (TPSA) is 240 Å². The van der Waals surface area contributed by atoms with Gasteiger partial charge in [0.25, 0.3) is 0 Å². The Kier molecular flexibility index (Phi) is 6.03. The number of nitrogens with zero attached hydrogens (tertiary/aromatic N) is 4. The quantitative estimate of drug-likeness (QED) is 0.228. The van der Waals surface area contributed by atoms with Crippen molar-refractivity contribution in [3.63, 3.8) is 0 Å². The van der Waals surface area contributed by atoms with Crippen molar-refractivity contribution in [2.75, 3.05) is 12.3 Å². The van der Waals surface area contributed by atoms with Crippen molar-refractivity contribution in [1.82, 2.24) is 19.5 Å². The molecule has 7 N–H and O–H groups in total. The monoisotopic (exact) mass is 441 g/mol. The van der Waals surface area contributed by atoms with Crippen LogP contribution in [0.3, 0.4) is 0 Å². The number of nitrogens with two attached hydrogens (primary N) is 1. The molecule has 0 amide bonds. The first-order chi connectivity index (χ1) is 14.5. The second-order valence-electron chi connectivity index (χ2n) is 6.90. The lowest BCUT2D eigenvalue weighted by atomic mass is 9.96. The standard InChI is InChI=1S/C16H19N5O10/c17-12-9-13(19-4-18-12)21(5-20-9)14-11(26)10(25)6(31-14)3-30-8(24)2-16(29,15(27)28)1-7(22)23/h4-6,10-11,14,25-26,29H,1-3H2,(H,22,23)(H,27,28)(H2,17,18,19)/t6-,10-,11-,14-,16?/m1/s1. The maximum absolute atomic E-state index is 11.9. The van der Waals surface area contributed by atoms with Gasteiger partial charge < -0.3 is 40.7 Å². The minimum atomic E-state index is -2.87. The van der Waals surface area contributed by atoms with E-state index in [1.165, 1.54) is 17.2 Å². The van der Waals surface area contributed by atoms with Gasteiger partial charge in [-0.25, -0.2) is 19.7 Å². The molecule has 1 aliphatic heterocycles. The van der Waals surface area contributed by atoms with Crippen molar-refractivity contribution in [2.24, 2.45) is 0 Å². The van der Waals surface area contributed by atoms with Crippen molar-refractivity contribution >= 4 is 34.9 Å². The lowest BCUT2D eigenvalue weighted by Crippen LogP contribution is -2.43. The number of carbonyl (C=O) groups is 3. The highest BCUT2D eigenvalue weighted by molar-refractivity contribution is 5.88. The van der Waals surface area contributed by atoms with E-state index in [2.05, 4.69) is 15.0 Å². The number of esters is 1. The number of imidazole rings is 1. The fourth-order valence-corrected chi connectivity index (χ4v) is 3.08. The number of ether oxygens (including phenoxy) is 2. The number of fused-ring (bicyclic) bond motifs is 1. The molecule has 0 spiro atoms. The Morgan fingerprint density at radius 2 is 1.87 bits per heavy atom. The number of hydrogen-bond donors (Lipinski definition) is 6. The van der Waals surface area contributed by atoms with Gasteiger partial charge >= 0.3 is 17.9 Å². The number of carboxylic acid groups (broad SMARTS) is 2. The maximum atomic E-state index is 11.9. The smallest absolute Gasteiger partial charge is 0.336 e. The molecule has 1 aliphatic rings. The van der Waals surface area contributed by atoms with E-state index >= 15 is 0 Å². The molecule has 3 rings (SSSR count). The van der Waals surface area contributed by atoms with E-state index in [1.54, 1.807) is 0 Å². The predicted molar refractivity (Wildman–Crippen MR) is 96.1 cm³/mol. The molecule has 3 heterocycles. The zero-order chi connectivity index (χ0) is 22.9. The maximum Gasteiger partial charge on any atom is 0.336 e. The van der Waals surface area contributed by atoms with Crippen molar-refractivity contribution in [1.29, 1.82) is 0 Å². The molecule has 0 saturated carbocycles. The average molecular weight is 441 g/mol. The molecule has 0 bridgehead atoms. The SMILES string of the molecule is Nc1ncnc2c1ncn2[C@@H]1O[C@H](COC(=O)CC(O)(CC(=O)O)C(=O)O)[C@@H](O)[C@H]1O. The van der Waals surface area contributed by atoms with E-state index in [9.17, 15) is 29.7 Å². The van der Waals surface area contributed by atoms with Crippen LogP contribution in [-0.2, 0) is 23.9 Å². The highest BCUT2D eigenvalue weighted by Crippen LogP contribution is 2.32. The second-order valence-corrected chi connectivity index (χ2v) is 6.90. The minimum Gasteiger partial charge on any atom is -0.481 e. The Morgan fingerprint density at radius 3 is 2.52 bits per heavy atom. The third-order valence-electron chi connectivity index (χ3n) is 4.69. The van der Waals surface area contributed by atoms with Crippen LogP contribution in [0.2, 0.25) is 0 Å². The third-order valence-corrected chi connectivity index (χ3v) is 4.69. The molecule has 1 fully saturated rings. The average Bonchev–Trinajstić information content (AvgIpc) is 3.22. The molecule has 31 heavy (non-hydrogen) atoms. The van der Waals surface area contributed by atoms with Crippen molar-refractivity contribution < 1.29 is 49.4 Å². The number of carbonyl (C=O) groups excluding carboxylic acids is 1. The Hall–Kier alpha value is -3.40. The molecule has 0 aliphatic carbocycles. The van der Waals surface area contributed by atoms with Crippen LogP contribution in [0.25, 0.3) is 11.2 Å². The largest absolute Gasteiger partial charge is 0.481 e. The molecule has 1 unspecified atom stereocenters. The van der Waals surface area contributed by atoms with E-state index < -0.39 is 67.5 Å². The number of rotatable bonds is 8. The van der Waals surface area contributed by atoms with Gasteiger partial charge in [0.05, 0.1) is 19.2 Å². The number of aromatic nitrogens is 4. The van der Waals surface area contributed by atoms with E-state index in [-0.39, 0.29) is 17.0 Å². The third kappa shape index (κ3) is 4.38. The number of carboxylic acids is 2. The summed E-state index contributed by atoms with van der Waals surface area (Å²) in [4.78, 5) is 45.6. The molecule has 15 nitrogen and oxygen atoms in total. The molecular weight excluding hydrogens is 422 g/mol. The van der Waals surface area contributed by atoms with Gasteiger partial charge in [-0.1, -0.05) is 0 Å². The molecule has 2 aromatic heterocycles. The zero-order valence-corrected chi connectivity index (χ0v) is 15.7. The Morgan fingerprint density at radius 1 is 1.16 bits per heavy atom. The zero-order valence-electron chi connectivity index (χ0n) is 15.7. The van der Waals surface area contributed by atoms with Gasteiger partial charge in [0, 0.05) is 0 Å². The number of nitrogen functional groups attached to an aromatic ring is 1. The predicted octanol–water partition coefficient (Wildman–Crippen LogP) is -2.75. The lowest BCUT2D eigenvalue weighted by molar-refractivity contribution is -0.173. The number of anilines is 1. The van der Waals surface area contributed by atoms with Gasteiger partial charge in [0.2, 0.25) is 0 Å². The summed E-state index contributed by atoms with van der Waals surface area (Å²) in [6, 6.07) is 0. The molecule has 2 aromatic rings. The molecule has 0 radical (unpaired) electrons. The number of hydrogen-bond acceptors (Lipinski definition) is 12. The number of aliphatic hydroxyl groups excluding tert-OH is 2. The molecule has 15 heteroatoms. The Bertz CT molecular complexity index is 1010. The second kappa shape index (κ2) is 8.38. The first kappa shape index (κ1) is 22.3. The lowest BCUT2D eigenvalue weighted by Gasteiger charge is -2.21. The van der Waals surface area contributed by atoms with Crippen molar-refractivity contribution in [2.45, 2.75) is 43.0 Å². The molecular formula is C16H19N5O10. The molecule has 5 atom stereocenters. The fourth-order valence-electron chi connectivity index (χ4n) is 3.08. The van der Waals surface area contributed by atoms with Crippen LogP contribution in [0.4, 0.5) is 5.82 Å². The molecule has 0 aromatic carbocycles. The van der Waals surface area contributed by atoms with Crippen molar-refractivity contribution in [3.05, 3.63) is 12.7 Å². The van der Waals surface area contributed by atoms with Gasteiger partial charge in [0.1, 0.15) is 36.8 Å². The van der Waals surface area contributed by atoms with Crippen LogP contribution < -0.4 is 5.73 Å². The van der Waals surface area contributed by atoms with Crippen LogP contribution in [0, 0.1) is 0 Å². The van der Waals surface area contributed by atoms with E-state index in [1.807, 2.05) is 0 Å².